The van der Waals surface area contributed by atoms with Gasteiger partial charge in [-0.1, -0.05) is 48.5 Å². The Morgan fingerprint density at radius 2 is 1.60 bits per heavy atom. The van der Waals surface area contributed by atoms with E-state index in [2.05, 4.69) is 27.3 Å². The number of nitrogens with zero attached hydrogens (tertiary/aromatic N) is 3. The standard InChI is InChI=1S/C23H24N4O2S/c28-21(27-15-13-26(14-16-27)19-9-5-2-6-10-19)11-12-24-22(29)20-17-25-23(30-20)18-7-3-1-4-8-18/h1-10,17H,11-16H2,(H,24,29). The molecule has 4 rings (SSSR count). The molecule has 0 bridgehead atoms. The van der Waals surface area contributed by atoms with Crippen LogP contribution in [0.15, 0.2) is 66.9 Å². The number of benzene rings is 2. The van der Waals surface area contributed by atoms with Crippen LogP contribution in [0.2, 0.25) is 0 Å². The van der Waals surface area contributed by atoms with Crippen LogP contribution in [0.3, 0.4) is 0 Å². The molecule has 7 heteroatoms. The highest BCUT2D eigenvalue weighted by Gasteiger charge is 2.21. The van der Waals surface area contributed by atoms with Gasteiger partial charge in [-0.25, -0.2) is 4.98 Å². The molecule has 2 heterocycles. The maximum atomic E-state index is 12.5. The molecule has 6 nitrogen and oxygen atoms in total. The lowest BCUT2D eigenvalue weighted by atomic mass is 10.2. The number of hydrogen-bond donors (Lipinski definition) is 1. The van der Waals surface area contributed by atoms with Crippen molar-refractivity contribution in [2.24, 2.45) is 0 Å². The van der Waals surface area contributed by atoms with Gasteiger partial charge in [0.1, 0.15) is 9.88 Å². The molecular weight excluding hydrogens is 396 g/mol. The average molecular weight is 421 g/mol. The summed E-state index contributed by atoms with van der Waals surface area (Å²) in [6, 6.07) is 20.0. The van der Waals surface area contributed by atoms with Gasteiger partial charge in [-0.3, -0.25) is 9.59 Å². The fourth-order valence-electron chi connectivity index (χ4n) is 3.47. The number of anilines is 1. The van der Waals surface area contributed by atoms with Gasteiger partial charge in [0, 0.05) is 50.4 Å². The second-order valence-electron chi connectivity index (χ2n) is 7.10. The van der Waals surface area contributed by atoms with Gasteiger partial charge < -0.3 is 15.1 Å². The van der Waals surface area contributed by atoms with E-state index in [0.29, 0.717) is 30.9 Å². The van der Waals surface area contributed by atoms with Gasteiger partial charge in [0.05, 0.1) is 6.20 Å². The summed E-state index contributed by atoms with van der Waals surface area (Å²) in [7, 11) is 0. The third-order valence-corrected chi connectivity index (χ3v) is 6.17. The Labute approximate surface area is 180 Å². The van der Waals surface area contributed by atoms with Crippen LogP contribution in [-0.4, -0.2) is 54.4 Å². The summed E-state index contributed by atoms with van der Waals surface area (Å²) in [6.45, 7) is 3.39. The molecule has 0 atom stereocenters. The van der Waals surface area contributed by atoms with Gasteiger partial charge in [0.15, 0.2) is 0 Å². The van der Waals surface area contributed by atoms with Crippen LogP contribution >= 0.6 is 11.3 Å². The first-order chi connectivity index (χ1) is 14.7. The van der Waals surface area contributed by atoms with Crippen molar-refractivity contribution in [2.75, 3.05) is 37.6 Å². The number of aromatic nitrogens is 1. The summed E-state index contributed by atoms with van der Waals surface area (Å²) in [4.78, 5) is 33.9. The first kappa shape index (κ1) is 20.1. The molecule has 0 unspecified atom stereocenters. The number of hydrogen-bond acceptors (Lipinski definition) is 5. The van der Waals surface area contributed by atoms with Crippen molar-refractivity contribution in [3.05, 3.63) is 71.7 Å². The van der Waals surface area contributed by atoms with Crippen molar-refractivity contribution in [1.29, 1.82) is 0 Å². The van der Waals surface area contributed by atoms with E-state index in [0.717, 1.165) is 23.7 Å². The summed E-state index contributed by atoms with van der Waals surface area (Å²) < 4.78 is 0. The Morgan fingerprint density at radius 3 is 2.30 bits per heavy atom. The number of piperazine rings is 1. The lowest BCUT2D eigenvalue weighted by molar-refractivity contribution is -0.131. The van der Waals surface area contributed by atoms with E-state index in [1.807, 2.05) is 53.4 Å². The van der Waals surface area contributed by atoms with Gasteiger partial charge in [-0.15, -0.1) is 11.3 Å². The zero-order chi connectivity index (χ0) is 20.8. The summed E-state index contributed by atoms with van der Waals surface area (Å²) in [5.74, 6) is -0.103. The minimum Gasteiger partial charge on any atom is -0.368 e. The van der Waals surface area contributed by atoms with E-state index in [4.69, 9.17) is 0 Å². The number of nitrogens with one attached hydrogen (secondary N) is 1. The van der Waals surface area contributed by atoms with Gasteiger partial charge in [-0.05, 0) is 12.1 Å². The number of rotatable bonds is 6. The largest absolute Gasteiger partial charge is 0.368 e. The van der Waals surface area contributed by atoms with Crippen molar-refractivity contribution in [3.8, 4) is 10.6 Å². The summed E-state index contributed by atoms with van der Waals surface area (Å²) in [6.07, 6.45) is 1.90. The molecule has 1 saturated heterocycles. The van der Waals surface area contributed by atoms with Crippen LogP contribution in [0.25, 0.3) is 10.6 Å². The van der Waals surface area contributed by atoms with Crippen LogP contribution in [0.5, 0.6) is 0 Å². The fourth-order valence-corrected chi connectivity index (χ4v) is 4.31. The SMILES string of the molecule is O=C(NCCC(=O)N1CCN(c2ccccc2)CC1)c1cnc(-c2ccccc2)s1. The third-order valence-electron chi connectivity index (χ3n) is 5.13. The molecular formula is C23H24N4O2S. The number of thiazole rings is 1. The Hall–Kier alpha value is -3.19. The quantitative estimate of drug-likeness (QED) is 0.665. The highest BCUT2D eigenvalue weighted by Crippen LogP contribution is 2.24. The lowest BCUT2D eigenvalue weighted by Crippen LogP contribution is -2.49. The molecule has 0 radical (unpaired) electrons. The van der Waals surface area contributed by atoms with Gasteiger partial charge in [-0.2, -0.15) is 0 Å². The first-order valence-corrected chi connectivity index (χ1v) is 10.9. The van der Waals surface area contributed by atoms with E-state index in [1.54, 1.807) is 6.20 Å². The number of amides is 2. The molecule has 3 aromatic rings. The van der Waals surface area contributed by atoms with Crippen LogP contribution in [0.1, 0.15) is 16.1 Å². The van der Waals surface area contributed by atoms with Crippen molar-refractivity contribution >= 4 is 28.8 Å². The zero-order valence-electron chi connectivity index (χ0n) is 16.7. The average Bonchev–Trinajstić information content (AvgIpc) is 3.31. The van der Waals surface area contributed by atoms with Gasteiger partial charge >= 0.3 is 0 Å². The highest BCUT2D eigenvalue weighted by molar-refractivity contribution is 7.16. The predicted octanol–water partition coefficient (Wildman–Crippen LogP) is 3.28. The van der Waals surface area contributed by atoms with Crippen molar-refractivity contribution in [1.82, 2.24) is 15.2 Å². The number of carbonyl (C=O) groups is 2. The molecule has 1 aromatic heterocycles. The molecule has 1 N–H and O–H groups in total. The first-order valence-electron chi connectivity index (χ1n) is 10.1. The van der Waals surface area contributed by atoms with Crippen molar-refractivity contribution in [2.45, 2.75) is 6.42 Å². The molecule has 0 aliphatic carbocycles. The Morgan fingerprint density at radius 1 is 0.933 bits per heavy atom. The van der Waals surface area contributed by atoms with Crippen LogP contribution < -0.4 is 10.2 Å². The van der Waals surface area contributed by atoms with Crippen LogP contribution in [0, 0.1) is 0 Å². The summed E-state index contributed by atoms with van der Waals surface area (Å²) in [5.41, 5.74) is 2.18. The lowest BCUT2D eigenvalue weighted by Gasteiger charge is -2.36. The molecule has 2 aromatic carbocycles. The van der Waals surface area contributed by atoms with E-state index in [9.17, 15) is 9.59 Å². The molecule has 1 aliphatic heterocycles. The second-order valence-corrected chi connectivity index (χ2v) is 8.14. The summed E-state index contributed by atoms with van der Waals surface area (Å²) in [5, 5.41) is 3.66. The van der Waals surface area contributed by atoms with Gasteiger partial charge in [0.2, 0.25) is 5.91 Å². The maximum Gasteiger partial charge on any atom is 0.263 e. The molecule has 0 spiro atoms. The Balaban J connectivity index is 1.21. The third kappa shape index (κ3) is 4.86. The van der Waals surface area contributed by atoms with E-state index < -0.39 is 0 Å². The normalized spacial score (nSPS) is 13.9. The topological polar surface area (TPSA) is 65.5 Å². The monoisotopic (exact) mass is 420 g/mol. The second kappa shape index (κ2) is 9.54. The van der Waals surface area contributed by atoms with Crippen molar-refractivity contribution in [3.63, 3.8) is 0 Å². The molecule has 154 valence electrons. The molecule has 1 aliphatic rings. The Bertz CT molecular complexity index is 983. The fraction of sp³-hybridized carbons (Fsp3) is 0.261. The smallest absolute Gasteiger partial charge is 0.263 e. The van der Waals surface area contributed by atoms with E-state index >= 15 is 0 Å². The minimum atomic E-state index is -0.184. The summed E-state index contributed by atoms with van der Waals surface area (Å²) >= 11 is 1.36. The minimum absolute atomic E-state index is 0.0808. The van der Waals surface area contributed by atoms with Crippen LogP contribution in [0.4, 0.5) is 5.69 Å². The molecule has 0 saturated carbocycles. The number of para-hydroxylation sites is 1. The molecule has 1 fully saturated rings. The highest BCUT2D eigenvalue weighted by atomic mass is 32.1. The molecule has 2 amide bonds. The van der Waals surface area contributed by atoms with Crippen LogP contribution in [-0.2, 0) is 4.79 Å². The van der Waals surface area contributed by atoms with Crippen molar-refractivity contribution < 1.29 is 9.59 Å². The van der Waals surface area contributed by atoms with Gasteiger partial charge in [0.25, 0.3) is 5.91 Å². The predicted molar refractivity (Wildman–Crippen MR) is 120 cm³/mol. The van der Waals surface area contributed by atoms with E-state index in [1.165, 1.54) is 17.0 Å². The zero-order valence-corrected chi connectivity index (χ0v) is 17.5. The number of carbonyl (C=O) groups excluding carboxylic acids is 2. The molecule has 30 heavy (non-hydrogen) atoms. The van der Waals surface area contributed by atoms with E-state index in [-0.39, 0.29) is 11.8 Å². The Kier molecular flexibility index (Phi) is 6.39. The maximum absolute atomic E-state index is 12.5.